The maximum absolute atomic E-state index is 8.65. The number of rotatable bonds is 3. The second-order valence-corrected chi connectivity index (χ2v) is 3.21. The van der Waals surface area contributed by atoms with Crippen LogP contribution >= 0.6 is 11.6 Å². The van der Waals surface area contributed by atoms with E-state index in [1.807, 2.05) is 19.3 Å². The van der Waals surface area contributed by atoms with Gasteiger partial charge in [-0.3, -0.25) is 0 Å². The van der Waals surface area contributed by atoms with E-state index in [1.54, 1.807) is 4.57 Å². The second-order valence-electron chi connectivity index (χ2n) is 2.83. The molecule has 1 aromatic rings. The summed E-state index contributed by atoms with van der Waals surface area (Å²) in [6.45, 7) is 0.105. The van der Waals surface area contributed by atoms with Gasteiger partial charge in [-0.1, -0.05) is 11.6 Å². The quantitative estimate of drug-likeness (QED) is 0.746. The van der Waals surface area contributed by atoms with Gasteiger partial charge in [-0.15, -0.1) is 0 Å². The van der Waals surface area contributed by atoms with Crippen LogP contribution in [-0.4, -0.2) is 16.3 Å². The molecule has 4 heteroatoms. The molecule has 12 heavy (non-hydrogen) atoms. The maximum Gasteiger partial charge on any atom is 0.108 e. The monoisotopic (exact) mass is 188 g/mol. The van der Waals surface area contributed by atoms with Gasteiger partial charge in [-0.05, 0) is 18.1 Å². The van der Waals surface area contributed by atoms with E-state index in [2.05, 4.69) is 0 Å². The number of hydrogen-bond donors (Lipinski definition) is 2. The smallest absolute Gasteiger partial charge is 0.108 e. The summed E-state index contributed by atoms with van der Waals surface area (Å²) in [5.74, 6) is 0. The number of aliphatic hydroxyl groups excluding tert-OH is 1. The lowest BCUT2D eigenvalue weighted by atomic mass is 10.1. The van der Waals surface area contributed by atoms with Crippen molar-refractivity contribution in [2.45, 2.75) is 12.5 Å². The van der Waals surface area contributed by atoms with Gasteiger partial charge in [0.2, 0.25) is 0 Å². The third-order valence-corrected chi connectivity index (χ3v) is 2.21. The van der Waals surface area contributed by atoms with Crippen LogP contribution in [0, 0.1) is 0 Å². The molecule has 0 aliphatic rings. The minimum atomic E-state index is -0.117. The molecule has 1 atom stereocenters. The molecule has 3 N–H and O–H groups in total. The number of nitrogens with two attached hydrogens (primary N) is 1. The third-order valence-electron chi connectivity index (χ3n) is 1.83. The first kappa shape index (κ1) is 9.58. The molecular weight excluding hydrogens is 176 g/mol. The Bertz CT molecular complexity index is 240. The Balaban J connectivity index is 2.74. The molecule has 0 radical (unpaired) electrons. The zero-order chi connectivity index (χ0) is 9.14. The summed E-state index contributed by atoms with van der Waals surface area (Å²) in [5, 5.41) is 9.32. The minimum absolute atomic E-state index is 0.105. The average Bonchev–Trinajstić information content (AvgIpc) is 2.33. The molecule has 0 spiro atoms. The molecule has 0 saturated heterocycles. The zero-order valence-corrected chi connectivity index (χ0v) is 7.75. The van der Waals surface area contributed by atoms with Crippen molar-refractivity contribution in [3.05, 3.63) is 23.0 Å². The van der Waals surface area contributed by atoms with Crippen LogP contribution in [0.25, 0.3) is 0 Å². The van der Waals surface area contributed by atoms with Gasteiger partial charge >= 0.3 is 0 Å². The summed E-state index contributed by atoms with van der Waals surface area (Å²) in [6, 6.07) is 1.70. The molecule has 0 amide bonds. The van der Waals surface area contributed by atoms with Crippen LogP contribution in [0.3, 0.4) is 0 Å². The summed E-state index contributed by atoms with van der Waals surface area (Å²) in [4.78, 5) is 0. The number of hydrogen-bond acceptors (Lipinski definition) is 2. The van der Waals surface area contributed by atoms with Crippen LogP contribution in [-0.2, 0) is 7.05 Å². The van der Waals surface area contributed by atoms with Gasteiger partial charge in [0.25, 0.3) is 0 Å². The van der Waals surface area contributed by atoms with E-state index in [0.717, 1.165) is 5.56 Å². The van der Waals surface area contributed by atoms with E-state index in [1.165, 1.54) is 0 Å². The van der Waals surface area contributed by atoms with Crippen molar-refractivity contribution in [2.24, 2.45) is 12.8 Å². The van der Waals surface area contributed by atoms with Gasteiger partial charge < -0.3 is 15.4 Å². The van der Waals surface area contributed by atoms with E-state index in [0.29, 0.717) is 11.6 Å². The summed E-state index contributed by atoms with van der Waals surface area (Å²) < 4.78 is 1.80. The fraction of sp³-hybridized carbons (Fsp3) is 0.500. The topological polar surface area (TPSA) is 51.2 Å². The lowest BCUT2D eigenvalue weighted by Gasteiger charge is -2.05. The Morgan fingerprint density at radius 1 is 1.75 bits per heavy atom. The number of halogens is 1. The highest BCUT2D eigenvalue weighted by Gasteiger charge is 2.08. The van der Waals surface area contributed by atoms with Crippen LogP contribution in [0.2, 0.25) is 5.15 Å². The Morgan fingerprint density at radius 3 is 2.83 bits per heavy atom. The standard InChI is InChI=1S/C8H13ClN2O/c1-11-5-6(4-8(11)9)7(10)2-3-12/h4-5,7,12H,2-3,10H2,1H3. The van der Waals surface area contributed by atoms with E-state index in [-0.39, 0.29) is 12.6 Å². The van der Waals surface area contributed by atoms with Crippen molar-refractivity contribution in [3.63, 3.8) is 0 Å². The molecule has 0 aromatic carbocycles. The van der Waals surface area contributed by atoms with Crippen molar-refractivity contribution in [2.75, 3.05) is 6.61 Å². The van der Waals surface area contributed by atoms with Gasteiger partial charge in [-0.2, -0.15) is 0 Å². The lowest BCUT2D eigenvalue weighted by molar-refractivity contribution is 0.276. The number of nitrogens with zero attached hydrogens (tertiary/aromatic N) is 1. The van der Waals surface area contributed by atoms with Crippen LogP contribution in [0.4, 0.5) is 0 Å². The largest absolute Gasteiger partial charge is 0.396 e. The van der Waals surface area contributed by atoms with Crippen molar-refractivity contribution in [1.29, 1.82) is 0 Å². The molecular formula is C8H13ClN2O. The summed E-state index contributed by atoms with van der Waals surface area (Å²) in [5.41, 5.74) is 6.72. The van der Waals surface area contributed by atoms with Gasteiger partial charge in [-0.25, -0.2) is 0 Å². The third kappa shape index (κ3) is 2.00. The van der Waals surface area contributed by atoms with E-state index >= 15 is 0 Å². The SMILES string of the molecule is Cn1cc(C(N)CCO)cc1Cl. The molecule has 0 aliphatic carbocycles. The van der Waals surface area contributed by atoms with E-state index < -0.39 is 0 Å². The summed E-state index contributed by atoms with van der Waals surface area (Å²) in [7, 11) is 1.86. The van der Waals surface area contributed by atoms with Gasteiger partial charge in [0, 0.05) is 25.9 Å². The Morgan fingerprint density at radius 2 is 2.42 bits per heavy atom. The molecule has 1 unspecified atom stereocenters. The van der Waals surface area contributed by atoms with E-state index in [4.69, 9.17) is 22.4 Å². The van der Waals surface area contributed by atoms with Gasteiger partial charge in [0.1, 0.15) is 5.15 Å². The predicted molar refractivity (Wildman–Crippen MR) is 49.1 cm³/mol. The molecule has 1 heterocycles. The first-order valence-corrected chi connectivity index (χ1v) is 4.21. The first-order chi connectivity index (χ1) is 5.65. The minimum Gasteiger partial charge on any atom is -0.396 e. The molecule has 0 saturated carbocycles. The summed E-state index contributed by atoms with van der Waals surface area (Å²) in [6.07, 6.45) is 2.45. The number of aryl methyl sites for hydroxylation is 1. The van der Waals surface area contributed by atoms with Crippen LogP contribution < -0.4 is 5.73 Å². The lowest BCUT2D eigenvalue weighted by Crippen LogP contribution is -2.10. The highest BCUT2D eigenvalue weighted by atomic mass is 35.5. The number of aromatic nitrogens is 1. The second kappa shape index (κ2) is 3.94. The fourth-order valence-electron chi connectivity index (χ4n) is 1.07. The maximum atomic E-state index is 8.65. The van der Waals surface area contributed by atoms with Crippen molar-refractivity contribution in [3.8, 4) is 0 Å². The predicted octanol–water partition coefficient (Wildman–Crippen LogP) is 1.06. The van der Waals surface area contributed by atoms with Crippen LogP contribution in [0.1, 0.15) is 18.0 Å². The molecule has 0 aliphatic heterocycles. The molecule has 1 rings (SSSR count). The Labute approximate surface area is 76.7 Å². The van der Waals surface area contributed by atoms with Crippen molar-refractivity contribution < 1.29 is 5.11 Å². The Hall–Kier alpha value is -0.510. The van der Waals surface area contributed by atoms with Crippen LogP contribution in [0.5, 0.6) is 0 Å². The normalized spacial score (nSPS) is 13.3. The number of aliphatic hydroxyl groups is 1. The Kier molecular flexibility index (Phi) is 3.14. The van der Waals surface area contributed by atoms with Crippen molar-refractivity contribution in [1.82, 2.24) is 4.57 Å². The molecule has 0 bridgehead atoms. The fourth-order valence-corrected chi connectivity index (χ4v) is 1.25. The zero-order valence-electron chi connectivity index (χ0n) is 7.00. The molecule has 68 valence electrons. The molecule has 1 aromatic heterocycles. The first-order valence-electron chi connectivity index (χ1n) is 3.83. The van der Waals surface area contributed by atoms with Crippen LogP contribution in [0.15, 0.2) is 12.3 Å². The van der Waals surface area contributed by atoms with Gasteiger partial charge in [0.15, 0.2) is 0 Å². The highest BCUT2D eigenvalue weighted by Crippen LogP contribution is 2.19. The average molecular weight is 189 g/mol. The highest BCUT2D eigenvalue weighted by molar-refractivity contribution is 6.29. The van der Waals surface area contributed by atoms with Crippen molar-refractivity contribution >= 4 is 11.6 Å². The van der Waals surface area contributed by atoms with E-state index in [9.17, 15) is 0 Å². The molecule has 0 fully saturated rings. The molecule has 3 nitrogen and oxygen atoms in total. The van der Waals surface area contributed by atoms with Gasteiger partial charge in [0.05, 0.1) is 0 Å². The summed E-state index contributed by atoms with van der Waals surface area (Å²) >= 11 is 5.82.